The van der Waals surface area contributed by atoms with Gasteiger partial charge in [-0.2, -0.15) is 0 Å². The average Bonchev–Trinajstić information content (AvgIpc) is 2.07. The van der Waals surface area contributed by atoms with Crippen LogP contribution in [0.3, 0.4) is 0 Å². The Morgan fingerprint density at radius 2 is 2.09 bits per heavy atom. The van der Waals surface area contributed by atoms with Crippen LogP contribution < -0.4 is 0 Å². The van der Waals surface area contributed by atoms with Crippen LogP contribution >= 0.6 is 23.4 Å². The summed E-state index contributed by atoms with van der Waals surface area (Å²) in [6, 6.07) is 0. The van der Waals surface area contributed by atoms with Crippen LogP contribution in [0.25, 0.3) is 0 Å². The molecule has 0 unspecified atom stereocenters. The van der Waals surface area contributed by atoms with Crippen molar-refractivity contribution in [2.75, 3.05) is 5.75 Å². The molecule has 0 spiro atoms. The Morgan fingerprint density at radius 1 is 1.45 bits per heavy atom. The fourth-order valence-electron chi connectivity index (χ4n) is 0.616. The first-order valence-corrected chi connectivity index (χ1v) is 4.88. The summed E-state index contributed by atoms with van der Waals surface area (Å²) >= 11 is 7.20. The van der Waals surface area contributed by atoms with Crippen molar-refractivity contribution in [1.29, 1.82) is 0 Å². The molecule has 0 atom stereocenters. The smallest absolute Gasteiger partial charge is 0.187 e. The summed E-state index contributed by atoms with van der Waals surface area (Å²) < 4.78 is 0. The number of thioether (sulfide) groups is 1. The summed E-state index contributed by atoms with van der Waals surface area (Å²) in [5.74, 6) is 1.48. The van der Waals surface area contributed by atoms with Crippen molar-refractivity contribution < 1.29 is 0 Å². The molecule has 1 heterocycles. The quantitative estimate of drug-likeness (QED) is 0.414. The summed E-state index contributed by atoms with van der Waals surface area (Å²) in [4.78, 5) is 8.21. The van der Waals surface area contributed by atoms with E-state index in [4.69, 9.17) is 11.6 Å². The van der Waals surface area contributed by atoms with Gasteiger partial charge in [0, 0.05) is 18.0 Å². The summed E-state index contributed by atoms with van der Waals surface area (Å²) in [5, 5.41) is 0.821. The van der Waals surface area contributed by atoms with E-state index >= 15 is 0 Å². The highest BCUT2D eigenvalue weighted by atomic mass is 35.5. The van der Waals surface area contributed by atoms with Gasteiger partial charge in [0.05, 0.1) is 5.88 Å². The molecule has 0 radical (unpaired) electrons. The Balaban J connectivity index is 2.66. The lowest BCUT2D eigenvalue weighted by Gasteiger charge is -1.96. The second kappa shape index (κ2) is 4.57. The highest BCUT2D eigenvalue weighted by Gasteiger charge is 1.94. The van der Waals surface area contributed by atoms with Gasteiger partial charge >= 0.3 is 0 Å². The van der Waals surface area contributed by atoms with Crippen LogP contribution in [0.2, 0.25) is 0 Å². The number of nitrogens with zero attached hydrogens (tertiary/aromatic N) is 2. The van der Waals surface area contributed by atoms with Crippen LogP contribution in [0.15, 0.2) is 17.6 Å². The summed E-state index contributed by atoms with van der Waals surface area (Å²) in [5.41, 5.74) is 0.965. The Bertz CT molecular complexity index is 212. The van der Waals surface area contributed by atoms with Crippen LogP contribution in [0.5, 0.6) is 0 Å². The molecule has 0 fully saturated rings. The highest BCUT2D eigenvalue weighted by Crippen LogP contribution is 2.11. The van der Waals surface area contributed by atoms with Gasteiger partial charge in [-0.15, -0.1) is 11.6 Å². The maximum atomic E-state index is 5.57. The third kappa shape index (κ3) is 2.67. The third-order valence-electron chi connectivity index (χ3n) is 1.11. The number of rotatable bonds is 3. The highest BCUT2D eigenvalue weighted by molar-refractivity contribution is 7.99. The Labute approximate surface area is 75.4 Å². The zero-order valence-corrected chi connectivity index (χ0v) is 7.82. The Morgan fingerprint density at radius 3 is 2.55 bits per heavy atom. The number of alkyl halides is 1. The predicted molar refractivity (Wildman–Crippen MR) is 48.0 cm³/mol. The minimum Gasteiger partial charge on any atom is -0.231 e. The largest absolute Gasteiger partial charge is 0.231 e. The molecule has 11 heavy (non-hydrogen) atoms. The van der Waals surface area contributed by atoms with Gasteiger partial charge in [0.15, 0.2) is 5.16 Å². The van der Waals surface area contributed by atoms with Gasteiger partial charge in [-0.05, 0) is 5.75 Å². The van der Waals surface area contributed by atoms with Crippen LogP contribution in [0.1, 0.15) is 12.5 Å². The molecule has 2 nitrogen and oxygen atoms in total. The van der Waals surface area contributed by atoms with E-state index in [0.29, 0.717) is 5.88 Å². The molecule has 0 aromatic carbocycles. The lowest BCUT2D eigenvalue weighted by molar-refractivity contribution is 0.946. The van der Waals surface area contributed by atoms with Gasteiger partial charge in [-0.1, -0.05) is 18.7 Å². The fraction of sp³-hybridized carbons (Fsp3) is 0.429. The molecule has 0 aliphatic rings. The first-order valence-electron chi connectivity index (χ1n) is 3.36. The lowest BCUT2D eigenvalue weighted by Crippen LogP contribution is -1.88. The number of hydrogen-bond acceptors (Lipinski definition) is 3. The molecule has 1 rings (SSSR count). The van der Waals surface area contributed by atoms with E-state index < -0.39 is 0 Å². The Kier molecular flexibility index (Phi) is 3.66. The van der Waals surface area contributed by atoms with E-state index in [9.17, 15) is 0 Å². The topological polar surface area (TPSA) is 25.8 Å². The molecule has 60 valence electrons. The number of halogens is 1. The van der Waals surface area contributed by atoms with E-state index in [1.54, 1.807) is 24.2 Å². The molecule has 0 aliphatic heterocycles. The molecule has 1 aromatic heterocycles. The van der Waals surface area contributed by atoms with E-state index in [-0.39, 0.29) is 0 Å². The zero-order chi connectivity index (χ0) is 8.10. The van der Waals surface area contributed by atoms with Crippen LogP contribution in [-0.2, 0) is 5.88 Å². The minimum absolute atomic E-state index is 0.483. The molecule has 0 saturated heterocycles. The standard InChI is InChI=1S/C7H9ClN2S/c1-2-11-7-9-4-6(3-8)5-10-7/h4-5H,2-3H2,1H3. The lowest BCUT2D eigenvalue weighted by atomic mass is 10.4. The summed E-state index contributed by atoms with van der Waals surface area (Å²) in [6.45, 7) is 2.07. The van der Waals surface area contributed by atoms with Crippen molar-refractivity contribution in [3.63, 3.8) is 0 Å². The van der Waals surface area contributed by atoms with Gasteiger partial charge in [-0.3, -0.25) is 0 Å². The van der Waals surface area contributed by atoms with E-state index in [2.05, 4.69) is 16.9 Å². The molecular formula is C7H9ClN2S. The van der Waals surface area contributed by atoms with Crippen molar-refractivity contribution in [3.05, 3.63) is 18.0 Å². The SMILES string of the molecule is CCSc1ncc(CCl)cn1. The van der Waals surface area contributed by atoms with Gasteiger partial charge in [0.2, 0.25) is 0 Å². The van der Waals surface area contributed by atoms with E-state index in [0.717, 1.165) is 16.5 Å². The molecule has 0 amide bonds. The van der Waals surface area contributed by atoms with Crippen molar-refractivity contribution in [2.45, 2.75) is 18.0 Å². The molecule has 0 N–H and O–H groups in total. The van der Waals surface area contributed by atoms with Crippen molar-refractivity contribution in [3.8, 4) is 0 Å². The molecule has 0 bridgehead atoms. The average molecular weight is 189 g/mol. The van der Waals surface area contributed by atoms with Crippen molar-refractivity contribution in [1.82, 2.24) is 9.97 Å². The number of hydrogen-bond donors (Lipinski definition) is 0. The van der Waals surface area contributed by atoms with Crippen LogP contribution in [-0.4, -0.2) is 15.7 Å². The second-order valence-corrected chi connectivity index (χ2v) is 3.44. The van der Waals surface area contributed by atoms with Gasteiger partial charge in [0.1, 0.15) is 0 Å². The van der Waals surface area contributed by atoms with E-state index in [1.165, 1.54) is 0 Å². The van der Waals surface area contributed by atoms with Crippen LogP contribution in [0, 0.1) is 0 Å². The normalized spacial score (nSPS) is 10.0. The molecule has 0 saturated carbocycles. The summed E-state index contributed by atoms with van der Waals surface area (Å²) in [7, 11) is 0. The maximum Gasteiger partial charge on any atom is 0.187 e. The monoisotopic (exact) mass is 188 g/mol. The Hall–Kier alpha value is -0.280. The van der Waals surface area contributed by atoms with Crippen LogP contribution in [0.4, 0.5) is 0 Å². The predicted octanol–water partition coefficient (Wildman–Crippen LogP) is 2.33. The van der Waals surface area contributed by atoms with Crippen molar-refractivity contribution in [2.24, 2.45) is 0 Å². The molecule has 1 aromatic rings. The van der Waals surface area contributed by atoms with Gasteiger partial charge < -0.3 is 0 Å². The molecule has 0 aliphatic carbocycles. The fourth-order valence-corrected chi connectivity index (χ4v) is 1.27. The molecular weight excluding hydrogens is 180 g/mol. The number of aromatic nitrogens is 2. The maximum absolute atomic E-state index is 5.57. The first kappa shape index (κ1) is 8.81. The third-order valence-corrected chi connectivity index (χ3v) is 2.18. The zero-order valence-electron chi connectivity index (χ0n) is 6.25. The van der Waals surface area contributed by atoms with Crippen molar-refractivity contribution >= 4 is 23.4 Å². The summed E-state index contributed by atoms with van der Waals surface area (Å²) in [6.07, 6.45) is 3.52. The van der Waals surface area contributed by atoms with Gasteiger partial charge in [-0.25, -0.2) is 9.97 Å². The minimum atomic E-state index is 0.483. The first-order chi connectivity index (χ1) is 5.36. The second-order valence-electron chi connectivity index (χ2n) is 1.94. The van der Waals surface area contributed by atoms with Gasteiger partial charge in [0.25, 0.3) is 0 Å². The van der Waals surface area contributed by atoms with E-state index in [1.807, 2.05) is 0 Å². The molecule has 4 heteroatoms.